The van der Waals surface area contributed by atoms with Crippen molar-refractivity contribution in [2.75, 3.05) is 30.4 Å². The first-order valence-corrected chi connectivity index (χ1v) is 9.90. The number of hydrogen-bond acceptors (Lipinski definition) is 5. The normalized spacial score (nSPS) is 16.2. The van der Waals surface area contributed by atoms with Gasteiger partial charge in [0.15, 0.2) is 0 Å². The van der Waals surface area contributed by atoms with E-state index in [1.807, 2.05) is 29.2 Å². The minimum absolute atomic E-state index is 0.0238. The van der Waals surface area contributed by atoms with Gasteiger partial charge in [-0.3, -0.25) is 4.79 Å². The summed E-state index contributed by atoms with van der Waals surface area (Å²) in [6.07, 6.45) is 5.08. The number of aromatic nitrogens is 2. The number of amides is 1. The molecule has 4 rings (SSSR count). The maximum absolute atomic E-state index is 13.4. The molecular weight excluding hydrogens is 383 g/mol. The van der Waals surface area contributed by atoms with Crippen LogP contribution in [0, 0.1) is 11.7 Å². The molecule has 1 aromatic heterocycles. The van der Waals surface area contributed by atoms with Crippen LogP contribution in [0.25, 0.3) is 11.1 Å². The number of piperidine rings is 1. The van der Waals surface area contributed by atoms with E-state index in [9.17, 15) is 9.18 Å². The molecule has 0 unspecified atom stereocenters. The van der Waals surface area contributed by atoms with E-state index in [1.165, 1.54) is 12.1 Å². The van der Waals surface area contributed by atoms with E-state index >= 15 is 0 Å². The van der Waals surface area contributed by atoms with Gasteiger partial charge in [-0.1, -0.05) is 18.2 Å². The first kappa shape index (κ1) is 19.8. The standard InChI is InChI=1S/C23H23FN4O2/c1-30-21-9-3-8-20(12-21)27-22(29)17-6-4-10-28(15-17)23-25-13-18(14-26-23)16-5-2-7-19(24)11-16/h2-3,5,7-9,11-14,17H,4,6,10,15H2,1H3,(H,27,29)/t17-/m0/s1. The molecule has 0 spiro atoms. The second-order valence-electron chi connectivity index (χ2n) is 7.29. The van der Waals surface area contributed by atoms with Gasteiger partial charge in [-0.15, -0.1) is 0 Å². The molecule has 7 heteroatoms. The van der Waals surface area contributed by atoms with Crippen LogP contribution in [-0.4, -0.2) is 36.1 Å². The number of carbonyl (C=O) groups excluding carboxylic acids is 1. The summed E-state index contributed by atoms with van der Waals surface area (Å²) in [5.74, 6) is 0.803. The van der Waals surface area contributed by atoms with Crippen LogP contribution in [0.5, 0.6) is 5.75 Å². The SMILES string of the molecule is COc1cccc(NC(=O)[C@H]2CCCN(c3ncc(-c4cccc(F)c4)cn3)C2)c1. The van der Waals surface area contributed by atoms with Crippen molar-refractivity contribution in [3.63, 3.8) is 0 Å². The third kappa shape index (κ3) is 4.56. The summed E-state index contributed by atoms with van der Waals surface area (Å²) in [5.41, 5.74) is 2.20. The van der Waals surface area contributed by atoms with Gasteiger partial charge in [0, 0.05) is 42.8 Å². The minimum atomic E-state index is -0.294. The maximum atomic E-state index is 13.4. The Hall–Kier alpha value is -3.48. The van der Waals surface area contributed by atoms with Gasteiger partial charge in [0.1, 0.15) is 11.6 Å². The molecule has 1 saturated heterocycles. The Labute approximate surface area is 174 Å². The lowest BCUT2D eigenvalue weighted by atomic mass is 9.97. The van der Waals surface area contributed by atoms with Gasteiger partial charge in [-0.25, -0.2) is 14.4 Å². The van der Waals surface area contributed by atoms with Crippen molar-refractivity contribution in [1.82, 2.24) is 9.97 Å². The summed E-state index contributed by atoms with van der Waals surface area (Å²) in [4.78, 5) is 23.7. The lowest BCUT2D eigenvalue weighted by Gasteiger charge is -2.32. The number of nitrogens with one attached hydrogen (secondary N) is 1. The highest BCUT2D eigenvalue weighted by Gasteiger charge is 2.27. The van der Waals surface area contributed by atoms with Crippen LogP contribution in [0.4, 0.5) is 16.0 Å². The molecule has 2 heterocycles. The quantitative estimate of drug-likeness (QED) is 0.690. The van der Waals surface area contributed by atoms with Crippen molar-refractivity contribution < 1.29 is 13.9 Å². The molecule has 0 aliphatic carbocycles. The smallest absolute Gasteiger partial charge is 0.229 e. The van der Waals surface area contributed by atoms with Crippen LogP contribution in [0.3, 0.4) is 0 Å². The molecule has 30 heavy (non-hydrogen) atoms. The highest BCUT2D eigenvalue weighted by molar-refractivity contribution is 5.93. The summed E-state index contributed by atoms with van der Waals surface area (Å²) >= 11 is 0. The Balaban J connectivity index is 1.42. The van der Waals surface area contributed by atoms with Crippen molar-refractivity contribution in [3.05, 3.63) is 66.7 Å². The van der Waals surface area contributed by atoms with Gasteiger partial charge < -0.3 is 15.0 Å². The Kier molecular flexibility index (Phi) is 5.88. The van der Waals surface area contributed by atoms with Gasteiger partial charge in [0.2, 0.25) is 11.9 Å². The molecule has 1 aliphatic rings. The number of ether oxygens (including phenoxy) is 1. The third-order valence-electron chi connectivity index (χ3n) is 5.21. The zero-order chi connectivity index (χ0) is 20.9. The number of carbonyl (C=O) groups is 1. The van der Waals surface area contributed by atoms with E-state index in [0.717, 1.165) is 30.5 Å². The molecule has 1 fully saturated rings. The molecule has 1 N–H and O–H groups in total. The zero-order valence-electron chi connectivity index (χ0n) is 16.7. The van der Waals surface area contributed by atoms with E-state index in [2.05, 4.69) is 15.3 Å². The van der Waals surface area contributed by atoms with E-state index in [4.69, 9.17) is 4.74 Å². The molecule has 0 radical (unpaired) electrons. The third-order valence-corrected chi connectivity index (χ3v) is 5.21. The minimum Gasteiger partial charge on any atom is -0.497 e. The predicted octanol–water partition coefficient (Wildman–Crippen LogP) is 4.15. The van der Waals surface area contributed by atoms with Crippen LogP contribution >= 0.6 is 0 Å². The number of benzene rings is 2. The average molecular weight is 406 g/mol. The second kappa shape index (κ2) is 8.90. The molecule has 1 amide bonds. The van der Waals surface area contributed by atoms with Crippen molar-refractivity contribution >= 4 is 17.5 Å². The Morgan fingerprint density at radius 1 is 1.13 bits per heavy atom. The maximum Gasteiger partial charge on any atom is 0.229 e. The molecule has 0 saturated carbocycles. The second-order valence-corrected chi connectivity index (χ2v) is 7.29. The Morgan fingerprint density at radius 2 is 1.93 bits per heavy atom. The van der Waals surface area contributed by atoms with Crippen LogP contribution in [0.15, 0.2) is 60.9 Å². The fourth-order valence-corrected chi connectivity index (χ4v) is 3.62. The topological polar surface area (TPSA) is 67.3 Å². The number of anilines is 2. The lowest BCUT2D eigenvalue weighted by Crippen LogP contribution is -2.41. The van der Waals surface area contributed by atoms with Gasteiger partial charge in [-0.2, -0.15) is 0 Å². The molecule has 0 bridgehead atoms. The molecule has 2 aromatic carbocycles. The first-order valence-electron chi connectivity index (χ1n) is 9.90. The van der Waals surface area contributed by atoms with Crippen molar-refractivity contribution in [2.45, 2.75) is 12.8 Å². The zero-order valence-corrected chi connectivity index (χ0v) is 16.7. The van der Waals surface area contributed by atoms with Gasteiger partial charge in [0.05, 0.1) is 13.0 Å². The van der Waals surface area contributed by atoms with Crippen molar-refractivity contribution in [3.8, 4) is 16.9 Å². The lowest BCUT2D eigenvalue weighted by molar-refractivity contribution is -0.120. The molecule has 1 aliphatic heterocycles. The molecule has 154 valence electrons. The van der Waals surface area contributed by atoms with Crippen molar-refractivity contribution in [2.24, 2.45) is 5.92 Å². The van der Waals surface area contributed by atoms with Crippen LogP contribution < -0.4 is 15.0 Å². The van der Waals surface area contributed by atoms with Crippen LogP contribution in [0.1, 0.15) is 12.8 Å². The molecular formula is C23H23FN4O2. The molecule has 3 aromatic rings. The monoisotopic (exact) mass is 406 g/mol. The number of halogens is 1. The largest absolute Gasteiger partial charge is 0.497 e. The number of nitrogens with zero attached hydrogens (tertiary/aromatic N) is 3. The van der Waals surface area contributed by atoms with Crippen LogP contribution in [-0.2, 0) is 4.79 Å². The Bertz CT molecular complexity index is 1030. The fraction of sp³-hybridized carbons (Fsp3) is 0.261. The summed E-state index contributed by atoms with van der Waals surface area (Å²) < 4.78 is 18.7. The van der Waals surface area contributed by atoms with Crippen molar-refractivity contribution in [1.29, 1.82) is 0 Å². The Morgan fingerprint density at radius 3 is 2.70 bits per heavy atom. The van der Waals surface area contributed by atoms with E-state index in [-0.39, 0.29) is 17.6 Å². The number of rotatable bonds is 5. The summed E-state index contributed by atoms with van der Waals surface area (Å²) in [7, 11) is 1.60. The first-order chi connectivity index (χ1) is 14.6. The van der Waals surface area contributed by atoms with Gasteiger partial charge in [0.25, 0.3) is 0 Å². The number of methoxy groups -OCH3 is 1. The fourth-order valence-electron chi connectivity index (χ4n) is 3.62. The van der Waals surface area contributed by atoms with Gasteiger partial charge >= 0.3 is 0 Å². The average Bonchev–Trinajstić information content (AvgIpc) is 2.79. The molecule has 1 atom stereocenters. The van der Waals surface area contributed by atoms with Gasteiger partial charge in [-0.05, 0) is 42.7 Å². The predicted molar refractivity (Wildman–Crippen MR) is 114 cm³/mol. The highest BCUT2D eigenvalue weighted by atomic mass is 19.1. The van der Waals surface area contributed by atoms with E-state index in [0.29, 0.717) is 23.9 Å². The molecule has 6 nitrogen and oxygen atoms in total. The summed E-state index contributed by atoms with van der Waals surface area (Å²) in [5, 5.41) is 2.97. The van der Waals surface area contributed by atoms with E-state index < -0.39 is 0 Å². The van der Waals surface area contributed by atoms with E-state index in [1.54, 1.807) is 31.6 Å². The summed E-state index contributed by atoms with van der Waals surface area (Å²) in [6, 6.07) is 13.7. The van der Waals surface area contributed by atoms with Crippen LogP contribution in [0.2, 0.25) is 0 Å². The number of hydrogen-bond donors (Lipinski definition) is 1. The summed E-state index contributed by atoms with van der Waals surface area (Å²) in [6.45, 7) is 1.34. The highest BCUT2D eigenvalue weighted by Crippen LogP contribution is 2.25.